The summed E-state index contributed by atoms with van der Waals surface area (Å²) < 4.78 is 1.81. The van der Waals surface area contributed by atoms with Crippen molar-refractivity contribution in [2.24, 2.45) is 0 Å². The summed E-state index contributed by atoms with van der Waals surface area (Å²) >= 11 is 0. The molecule has 4 aromatic rings. The van der Waals surface area contributed by atoms with E-state index in [0.29, 0.717) is 0 Å². The highest BCUT2D eigenvalue weighted by atomic mass is 15.4. The minimum Gasteiger partial charge on any atom is -0.220 e. The van der Waals surface area contributed by atoms with Gasteiger partial charge in [-0.05, 0) is 34.5 Å². The van der Waals surface area contributed by atoms with Crippen molar-refractivity contribution in [1.82, 2.24) is 15.0 Å². The Hall–Kier alpha value is -2.94. The molecule has 1 heterocycles. The lowest BCUT2D eigenvalue weighted by molar-refractivity contribution is 0.863. The van der Waals surface area contributed by atoms with Crippen molar-refractivity contribution in [2.45, 2.75) is 0 Å². The topological polar surface area (TPSA) is 30.7 Å². The predicted molar refractivity (Wildman–Crippen MR) is 86.7 cm³/mol. The van der Waals surface area contributed by atoms with Gasteiger partial charge >= 0.3 is 0 Å². The third-order valence-corrected chi connectivity index (χ3v) is 3.55. The van der Waals surface area contributed by atoms with E-state index in [0.717, 1.165) is 16.6 Å². The van der Waals surface area contributed by atoms with Gasteiger partial charge in [0.05, 0.1) is 5.52 Å². The van der Waals surface area contributed by atoms with E-state index >= 15 is 0 Å². The summed E-state index contributed by atoms with van der Waals surface area (Å²) in [4.78, 5) is 0. The van der Waals surface area contributed by atoms with Gasteiger partial charge in [-0.2, -0.15) is 0 Å². The van der Waals surface area contributed by atoms with Crippen LogP contribution in [0, 0.1) is 0 Å². The van der Waals surface area contributed by atoms with Crippen LogP contribution in [0.4, 0.5) is 0 Å². The van der Waals surface area contributed by atoms with Crippen molar-refractivity contribution in [3.8, 4) is 0 Å². The Morgan fingerprint density at radius 1 is 0.810 bits per heavy atom. The number of nitrogens with zero attached hydrogens (tertiary/aromatic N) is 3. The summed E-state index contributed by atoms with van der Waals surface area (Å²) in [5.41, 5.74) is 3.06. The molecule has 3 aromatic carbocycles. The molecule has 0 N–H and O–H groups in total. The molecule has 21 heavy (non-hydrogen) atoms. The third kappa shape index (κ3) is 2.19. The van der Waals surface area contributed by atoms with Gasteiger partial charge < -0.3 is 0 Å². The highest BCUT2D eigenvalue weighted by molar-refractivity contribution is 5.95. The molecule has 4 rings (SSSR count). The molecule has 0 saturated heterocycles. The van der Waals surface area contributed by atoms with Gasteiger partial charge in [0.1, 0.15) is 5.52 Å². The van der Waals surface area contributed by atoms with Crippen LogP contribution in [-0.4, -0.2) is 15.0 Å². The number of aromatic nitrogens is 3. The first-order valence-corrected chi connectivity index (χ1v) is 6.87. The molecule has 3 nitrogen and oxygen atoms in total. The zero-order chi connectivity index (χ0) is 14.1. The van der Waals surface area contributed by atoms with Crippen molar-refractivity contribution in [1.29, 1.82) is 0 Å². The highest BCUT2D eigenvalue weighted by Gasteiger charge is 2.04. The second-order valence-electron chi connectivity index (χ2n) is 4.95. The number of rotatable bonds is 2. The largest absolute Gasteiger partial charge is 0.220 e. The van der Waals surface area contributed by atoms with E-state index < -0.39 is 0 Å². The molecular weight excluding hydrogens is 258 g/mol. The van der Waals surface area contributed by atoms with Crippen LogP contribution in [0.5, 0.6) is 0 Å². The van der Waals surface area contributed by atoms with E-state index in [-0.39, 0.29) is 0 Å². The molecule has 0 atom stereocenters. The molecule has 0 aliphatic carbocycles. The average Bonchev–Trinajstić information content (AvgIpc) is 2.94. The molecule has 0 aliphatic heterocycles. The minimum absolute atomic E-state index is 0.909. The smallest absolute Gasteiger partial charge is 0.114 e. The Labute approximate surface area is 122 Å². The van der Waals surface area contributed by atoms with Gasteiger partial charge in [0.25, 0.3) is 0 Å². The Kier molecular flexibility index (Phi) is 2.75. The van der Waals surface area contributed by atoms with Crippen LogP contribution in [0.15, 0.2) is 66.7 Å². The van der Waals surface area contributed by atoms with E-state index in [1.54, 1.807) is 0 Å². The van der Waals surface area contributed by atoms with E-state index in [1.807, 2.05) is 47.3 Å². The second-order valence-corrected chi connectivity index (χ2v) is 4.95. The molecule has 0 bridgehead atoms. The normalized spacial score (nSPS) is 11.6. The predicted octanol–water partition coefficient (Wildman–Crippen LogP) is 4.21. The van der Waals surface area contributed by atoms with Gasteiger partial charge in [-0.3, -0.25) is 0 Å². The molecule has 0 fully saturated rings. The summed E-state index contributed by atoms with van der Waals surface area (Å²) in [5.74, 6) is 0. The fourth-order valence-corrected chi connectivity index (χ4v) is 2.46. The van der Waals surface area contributed by atoms with Crippen LogP contribution in [0.2, 0.25) is 0 Å². The van der Waals surface area contributed by atoms with Gasteiger partial charge in [0.2, 0.25) is 0 Å². The standard InChI is InChI=1S/C18H13N3/c1-2-6-14(7-3-1)10-11-21-18-13-16-9-5-4-8-15(16)12-17(18)19-20-21/h1-13H/b11-10+. The number of hydrogen-bond acceptors (Lipinski definition) is 2. The molecule has 3 heteroatoms. The van der Waals surface area contributed by atoms with Gasteiger partial charge in [0, 0.05) is 6.20 Å². The second kappa shape index (κ2) is 4.87. The highest BCUT2D eigenvalue weighted by Crippen LogP contribution is 2.21. The van der Waals surface area contributed by atoms with Crippen molar-refractivity contribution >= 4 is 34.1 Å². The molecule has 0 amide bonds. The summed E-state index contributed by atoms with van der Waals surface area (Å²) in [6.45, 7) is 0. The van der Waals surface area contributed by atoms with Crippen LogP contribution < -0.4 is 0 Å². The lowest BCUT2D eigenvalue weighted by Gasteiger charge is -1.98. The van der Waals surface area contributed by atoms with E-state index in [1.165, 1.54) is 10.8 Å². The molecule has 0 unspecified atom stereocenters. The monoisotopic (exact) mass is 271 g/mol. The Morgan fingerprint density at radius 2 is 1.52 bits per heavy atom. The molecule has 100 valence electrons. The lowest BCUT2D eigenvalue weighted by Crippen LogP contribution is -1.88. The molecule has 0 spiro atoms. The maximum Gasteiger partial charge on any atom is 0.114 e. The van der Waals surface area contributed by atoms with Crippen molar-refractivity contribution < 1.29 is 0 Å². The zero-order valence-corrected chi connectivity index (χ0v) is 11.3. The number of fused-ring (bicyclic) bond motifs is 2. The van der Waals surface area contributed by atoms with Crippen LogP contribution in [0.1, 0.15) is 5.56 Å². The van der Waals surface area contributed by atoms with Crippen molar-refractivity contribution in [3.05, 3.63) is 72.3 Å². The summed E-state index contributed by atoms with van der Waals surface area (Å²) in [7, 11) is 0. The molecule has 0 saturated carbocycles. The Balaban J connectivity index is 1.82. The van der Waals surface area contributed by atoms with Crippen molar-refractivity contribution in [3.63, 3.8) is 0 Å². The lowest BCUT2D eigenvalue weighted by atomic mass is 10.1. The first kappa shape index (κ1) is 11.9. The van der Waals surface area contributed by atoms with Crippen LogP contribution in [0.3, 0.4) is 0 Å². The van der Waals surface area contributed by atoms with E-state index in [2.05, 4.69) is 46.7 Å². The van der Waals surface area contributed by atoms with Crippen LogP contribution in [0.25, 0.3) is 34.1 Å². The first-order chi connectivity index (χ1) is 10.4. The fourth-order valence-electron chi connectivity index (χ4n) is 2.46. The summed E-state index contributed by atoms with van der Waals surface area (Å²) in [5, 5.41) is 10.8. The zero-order valence-electron chi connectivity index (χ0n) is 11.3. The number of hydrogen-bond donors (Lipinski definition) is 0. The first-order valence-electron chi connectivity index (χ1n) is 6.87. The maximum atomic E-state index is 4.24. The van der Waals surface area contributed by atoms with Gasteiger partial charge in [-0.1, -0.05) is 59.8 Å². The summed E-state index contributed by atoms with van der Waals surface area (Å²) in [6, 6.07) is 22.6. The third-order valence-electron chi connectivity index (χ3n) is 3.55. The maximum absolute atomic E-state index is 4.24. The minimum atomic E-state index is 0.909. The van der Waals surface area contributed by atoms with Crippen molar-refractivity contribution in [2.75, 3.05) is 0 Å². The van der Waals surface area contributed by atoms with E-state index in [9.17, 15) is 0 Å². The quantitative estimate of drug-likeness (QED) is 0.546. The van der Waals surface area contributed by atoms with Gasteiger partial charge in [-0.25, -0.2) is 4.68 Å². The summed E-state index contributed by atoms with van der Waals surface area (Å²) in [6.07, 6.45) is 3.97. The molecule has 0 radical (unpaired) electrons. The molecule has 1 aromatic heterocycles. The number of benzene rings is 3. The van der Waals surface area contributed by atoms with Crippen LogP contribution >= 0.6 is 0 Å². The van der Waals surface area contributed by atoms with E-state index in [4.69, 9.17) is 0 Å². The fraction of sp³-hybridized carbons (Fsp3) is 0. The molecule has 0 aliphatic rings. The van der Waals surface area contributed by atoms with Crippen LogP contribution in [-0.2, 0) is 0 Å². The Morgan fingerprint density at radius 3 is 2.33 bits per heavy atom. The average molecular weight is 271 g/mol. The Bertz CT molecular complexity index is 936. The molecular formula is C18H13N3. The van der Waals surface area contributed by atoms with Gasteiger partial charge in [-0.15, -0.1) is 5.10 Å². The SMILES string of the molecule is C(=C\n1nnc2cc3ccccc3cc21)/c1ccccc1. The van der Waals surface area contributed by atoms with Gasteiger partial charge in [0.15, 0.2) is 0 Å².